The van der Waals surface area contributed by atoms with Crippen molar-refractivity contribution in [3.63, 3.8) is 0 Å². The number of carbonyl (C=O) groups is 1. The predicted octanol–water partition coefficient (Wildman–Crippen LogP) is 8.09. The van der Waals surface area contributed by atoms with E-state index < -0.39 is 13.9 Å². The van der Waals surface area contributed by atoms with Crippen molar-refractivity contribution in [2.24, 2.45) is 0 Å². The molecule has 3 aromatic rings. The molecule has 3 rings (SSSR count). The Morgan fingerprint density at radius 1 is 0.939 bits per heavy atom. The first-order valence-corrected chi connectivity index (χ1v) is 19.6. The van der Waals surface area contributed by atoms with E-state index in [1.54, 1.807) is 12.0 Å². The van der Waals surface area contributed by atoms with Crippen molar-refractivity contribution in [3.05, 3.63) is 88.4 Å². The van der Waals surface area contributed by atoms with Crippen LogP contribution in [0.2, 0.25) is 5.04 Å². The average Bonchev–Trinajstić information content (AvgIpc) is 3.03. The van der Waals surface area contributed by atoms with Crippen molar-refractivity contribution in [2.75, 3.05) is 40.3 Å². The van der Waals surface area contributed by atoms with Gasteiger partial charge in [-0.3, -0.25) is 0 Å². The summed E-state index contributed by atoms with van der Waals surface area (Å²) in [6.07, 6.45) is 1.09. The van der Waals surface area contributed by atoms with Crippen LogP contribution < -0.4 is 15.1 Å². The molecule has 0 aliphatic rings. The van der Waals surface area contributed by atoms with E-state index in [1.807, 2.05) is 58.9 Å². The molecular formula is C40H54BrNO6Si. The van der Waals surface area contributed by atoms with Crippen LogP contribution in [0.25, 0.3) is 0 Å². The van der Waals surface area contributed by atoms with Crippen LogP contribution >= 0.6 is 15.9 Å². The Labute approximate surface area is 303 Å². The van der Waals surface area contributed by atoms with E-state index in [-0.39, 0.29) is 24.0 Å². The zero-order chi connectivity index (χ0) is 36.1. The largest absolute Gasteiger partial charge is 0.468 e. The lowest BCUT2D eigenvalue weighted by atomic mass is 10.1. The summed E-state index contributed by atoms with van der Waals surface area (Å²) in [5.41, 5.74) is 1.34. The zero-order valence-electron chi connectivity index (χ0n) is 30.7. The van der Waals surface area contributed by atoms with Gasteiger partial charge in [-0.25, -0.2) is 4.79 Å². The number of hydrogen-bond acceptors (Lipinski definition) is 6. The van der Waals surface area contributed by atoms with Gasteiger partial charge in [-0.2, -0.15) is 0 Å². The van der Waals surface area contributed by atoms with Gasteiger partial charge >= 0.3 is 6.09 Å². The van der Waals surface area contributed by atoms with E-state index in [0.29, 0.717) is 32.8 Å². The summed E-state index contributed by atoms with van der Waals surface area (Å²) in [5.74, 6) is 7.25. The molecule has 0 unspecified atom stereocenters. The van der Waals surface area contributed by atoms with Crippen LogP contribution in [0.5, 0.6) is 5.75 Å². The van der Waals surface area contributed by atoms with Crippen LogP contribution in [0.4, 0.5) is 4.79 Å². The van der Waals surface area contributed by atoms with Crippen molar-refractivity contribution in [3.8, 4) is 17.6 Å². The number of benzene rings is 3. The van der Waals surface area contributed by atoms with Crippen molar-refractivity contribution in [2.45, 2.75) is 84.9 Å². The molecule has 0 fully saturated rings. The van der Waals surface area contributed by atoms with E-state index >= 15 is 0 Å². The molecular weight excluding hydrogens is 698 g/mol. The summed E-state index contributed by atoms with van der Waals surface area (Å²) >= 11 is 3.61. The second-order valence-corrected chi connectivity index (χ2v) is 19.3. The average molecular weight is 753 g/mol. The number of amides is 1. The molecule has 0 radical (unpaired) electrons. The number of methoxy groups -OCH3 is 1. The Balaban J connectivity index is 1.66. The fourth-order valence-corrected chi connectivity index (χ4v) is 11.0. The molecule has 0 N–H and O–H groups in total. The van der Waals surface area contributed by atoms with Gasteiger partial charge in [-0.05, 0) is 90.1 Å². The Hall–Kier alpha value is -3.13. The minimum Gasteiger partial charge on any atom is -0.468 e. The number of aryl methyl sites for hydroxylation is 1. The maximum Gasteiger partial charge on any atom is 0.410 e. The van der Waals surface area contributed by atoms with E-state index in [4.69, 9.17) is 23.4 Å². The topological polar surface area (TPSA) is 66.5 Å². The van der Waals surface area contributed by atoms with Gasteiger partial charge in [-0.1, -0.05) is 93.3 Å². The van der Waals surface area contributed by atoms with Gasteiger partial charge in [0.15, 0.2) is 6.79 Å². The standard InChI is InChI=1S/C40H54BrNO6Si/c1-31-27-33(46-30-44-9)28-37(41)36(31)23-17-12-18-25-45-26-24-42(38(43)48-39(3,4)5)32(2)29-47-49(40(6,7)8,34-19-13-10-14-20-34)35-21-15-11-16-22-35/h10-11,13-16,19-22,27-28,32H,12,18,24-26,29-30H2,1-9H3/t32-/m0/s1. The summed E-state index contributed by atoms with van der Waals surface area (Å²) in [6.45, 7) is 18.3. The Morgan fingerprint density at radius 2 is 1.55 bits per heavy atom. The van der Waals surface area contributed by atoms with Gasteiger partial charge in [0.1, 0.15) is 11.4 Å². The third-order valence-electron chi connectivity index (χ3n) is 8.00. The van der Waals surface area contributed by atoms with Crippen molar-refractivity contribution in [1.29, 1.82) is 0 Å². The molecule has 0 heterocycles. The lowest BCUT2D eigenvalue weighted by molar-refractivity contribution is 0.00378. The first kappa shape index (κ1) is 40.3. The second-order valence-electron chi connectivity index (χ2n) is 14.2. The van der Waals surface area contributed by atoms with E-state index in [0.717, 1.165) is 27.8 Å². The molecule has 0 aromatic heterocycles. The number of rotatable bonds is 15. The quantitative estimate of drug-likeness (QED) is 0.0677. The van der Waals surface area contributed by atoms with Crippen molar-refractivity contribution < 1.29 is 28.2 Å². The van der Waals surface area contributed by atoms with Crippen LogP contribution in [-0.4, -0.2) is 71.2 Å². The molecule has 0 bridgehead atoms. The maximum atomic E-state index is 13.5. The number of ether oxygens (including phenoxy) is 4. The maximum absolute atomic E-state index is 13.5. The molecule has 0 aliphatic heterocycles. The van der Waals surface area contributed by atoms with Gasteiger partial charge in [0.25, 0.3) is 8.32 Å². The lowest BCUT2D eigenvalue weighted by Gasteiger charge is -2.44. The van der Waals surface area contributed by atoms with Crippen molar-refractivity contribution >= 4 is 40.7 Å². The highest BCUT2D eigenvalue weighted by atomic mass is 79.9. The highest BCUT2D eigenvalue weighted by Gasteiger charge is 2.50. The van der Waals surface area contributed by atoms with E-state index in [9.17, 15) is 4.79 Å². The minimum atomic E-state index is -2.77. The van der Waals surface area contributed by atoms with E-state index in [1.165, 1.54) is 10.4 Å². The van der Waals surface area contributed by atoms with Gasteiger partial charge < -0.3 is 28.3 Å². The Morgan fingerprint density at radius 3 is 2.08 bits per heavy atom. The fraction of sp³-hybridized carbons (Fsp3) is 0.475. The monoisotopic (exact) mass is 751 g/mol. The molecule has 0 aliphatic carbocycles. The van der Waals surface area contributed by atoms with Gasteiger partial charge in [-0.15, -0.1) is 0 Å². The molecule has 1 atom stereocenters. The predicted molar refractivity (Wildman–Crippen MR) is 204 cm³/mol. The molecule has 0 saturated carbocycles. The van der Waals surface area contributed by atoms with Crippen LogP contribution in [0.15, 0.2) is 77.3 Å². The Kier molecular flexibility index (Phi) is 15.4. The van der Waals surface area contributed by atoms with Crippen molar-refractivity contribution in [1.82, 2.24) is 4.90 Å². The third kappa shape index (κ3) is 11.7. The molecule has 49 heavy (non-hydrogen) atoms. The first-order valence-electron chi connectivity index (χ1n) is 16.9. The molecule has 0 spiro atoms. The molecule has 1 amide bonds. The normalized spacial score (nSPS) is 12.5. The van der Waals surface area contributed by atoms with Crippen LogP contribution in [-0.2, 0) is 18.6 Å². The summed E-state index contributed by atoms with van der Waals surface area (Å²) < 4.78 is 30.4. The van der Waals surface area contributed by atoms with E-state index in [2.05, 4.69) is 97.1 Å². The van der Waals surface area contributed by atoms with Crippen LogP contribution in [0, 0.1) is 18.8 Å². The third-order valence-corrected chi connectivity index (χ3v) is 13.6. The highest BCUT2D eigenvalue weighted by molar-refractivity contribution is 9.10. The number of unbranched alkanes of at least 4 members (excludes halogenated alkanes) is 1. The number of carbonyl (C=O) groups excluding carboxylic acids is 1. The van der Waals surface area contributed by atoms with Gasteiger partial charge in [0.05, 0.1) is 19.3 Å². The summed E-state index contributed by atoms with van der Waals surface area (Å²) in [7, 11) is -1.18. The zero-order valence-corrected chi connectivity index (χ0v) is 33.3. The van der Waals surface area contributed by atoms with Crippen LogP contribution in [0.1, 0.15) is 72.4 Å². The summed E-state index contributed by atoms with van der Waals surface area (Å²) in [6, 6.07) is 24.7. The molecule has 7 nitrogen and oxygen atoms in total. The number of halogens is 1. The number of hydrogen-bond donors (Lipinski definition) is 0. The summed E-state index contributed by atoms with van der Waals surface area (Å²) in [4.78, 5) is 15.2. The molecule has 3 aromatic carbocycles. The minimum absolute atomic E-state index is 0.172. The second kappa shape index (κ2) is 18.7. The molecule has 0 saturated heterocycles. The highest BCUT2D eigenvalue weighted by Crippen LogP contribution is 2.37. The van der Waals surface area contributed by atoms with Crippen LogP contribution in [0.3, 0.4) is 0 Å². The Bertz CT molecular complexity index is 1460. The molecule has 9 heteroatoms. The smallest absolute Gasteiger partial charge is 0.410 e. The SMILES string of the molecule is COCOc1cc(C)c(C#CCCCOCCN(C(=O)OC(C)(C)C)[C@@H](C)CO[Si](c2ccccc2)(c2ccccc2)C(C)(C)C)c(Br)c1. The van der Waals surface area contributed by atoms with Gasteiger partial charge in [0, 0.05) is 36.7 Å². The lowest BCUT2D eigenvalue weighted by Crippen LogP contribution is -2.67. The fourth-order valence-electron chi connectivity index (χ4n) is 5.67. The summed E-state index contributed by atoms with van der Waals surface area (Å²) in [5, 5.41) is 2.23. The first-order chi connectivity index (χ1) is 23.2. The molecule has 266 valence electrons. The van der Waals surface area contributed by atoms with Gasteiger partial charge in [0.2, 0.25) is 0 Å². The number of nitrogens with zero attached hydrogens (tertiary/aromatic N) is 1.